The third-order valence-corrected chi connectivity index (χ3v) is 4.04. The maximum absolute atomic E-state index is 4.55. The quantitative estimate of drug-likeness (QED) is 0.717. The third kappa shape index (κ3) is 4.58. The van der Waals surface area contributed by atoms with Gasteiger partial charge in [-0.2, -0.15) is 20.1 Å². The summed E-state index contributed by atoms with van der Waals surface area (Å²) in [4.78, 5) is 19.8. The van der Waals surface area contributed by atoms with Gasteiger partial charge in [0.05, 0.1) is 6.54 Å². The standard InChI is InChI=1S/C19H26N8/c1-12(2)17-22-18(24-19(23-17)26(5)6)21-16-9-7-8-15(10-16)11-27-14(4)20-13(3)25-27/h7-10,12H,11H2,1-6H3,(H,21,22,23,24). The summed E-state index contributed by atoms with van der Waals surface area (Å²) in [5.41, 5.74) is 2.05. The molecule has 1 aromatic carbocycles. The van der Waals surface area contributed by atoms with Crippen LogP contribution in [-0.4, -0.2) is 43.8 Å². The van der Waals surface area contributed by atoms with E-state index in [1.807, 2.05) is 49.7 Å². The monoisotopic (exact) mass is 366 g/mol. The molecule has 0 saturated heterocycles. The highest BCUT2D eigenvalue weighted by molar-refractivity contribution is 5.55. The van der Waals surface area contributed by atoms with Crippen molar-refractivity contribution in [3.8, 4) is 0 Å². The molecular weight excluding hydrogens is 340 g/mol. The molecule has 0 amide bonds. The van der Waals surface area contributed by atoms with Crippen LogP contribution in [0, 0.1) is 13.8 Å². The van der Waals surface area contributed by atoms with Crippen LogP contribution < -0.4 is 10.2 Å². The second kappa shape index (κ2) is 7.69. The fraction of sp³-hybridized carbons (Fsp3) is 0.421. The summed E-state index contributed by atoms with van der Waals surface area (Å²) in [6.45, 7) is 8.67. The Hall–Kier alpha value is -3.03. The summed E-state index contributed by atoms with van der Waals surface area (Å²) >= 11 is 0. The molecule has 0 aliphatic carbocycles. The number of aromatic nitrogens is 6. The lowest BCUT2D eigenvalue weighted by molar-refractivity contribution is 0.656. The Morgan fingerprint density at radius 3 is 2.48 bits per heavy atom. The number of hydrogen-bond acceptors (Lipinski definition) is 7. The lowest BCUT2D eigenvalue weighted by Crippen LogP contribution is -2.16. The van der Waals surface area contributed by atoms with Crippen molar-refractivity contribution in [2.75, 3.05) is 24.3 Å². The van der Waals surface area contributed by atoms with Crippen molar-refractivity contribution >= 4 is 17.6 Å². The molecule has 0 unspecified atom stereocenters. The van der Waals surface area contributed by atoms with Gasteiger partial charge in [-0.25, -0.2) is 9.67 Å². The Morgan fingerprint density at radius 1 is 1.07 bits per heavy atom. The van der Waals surface area contributed by atoms with Gasteiger partial charge in [-0.3, -0.25) is 0 Å². The van der Waals surface area contributed by atoms with Crippen LogP contribution in [0.25, 0.3) is 0 Å². The highest BCUT2D eigenvalue weighted by Gasteiger charge is 2.11. The Kier molecular flexibility index (Phi) is 5.34. The summed E-state index contributed by atoms with van der Waals surface area (Å²) < 4.78 is 1.90. The van der Waals surface area contributed by atoms with E-state index in [9.17, 15) is 0 Å². The number of benzene rings is 1. The fourth-order valence-corrected chi connectivity index (χ4v) is 2.66. The number of nitrogens with zero attached hydrogens (tertiary/aromatic N) is 7. The fourth-order valence-electron chi connectivity index (χ4n) is 2.66. The van der Waals surface area contributed by atoms with E-state index in [-0.39, 0.29) is 5.92 Å². The molecule has 0 fully saturated rings. The van der Waals surface area contributed by atoms with E-state index in [1.54, 1.807) is 0 Å². The first-order chi connectivity index (χ1) is 12.8. The molecule has 3 rings (SSSR count). The van der Waals surface area contributed by atoms with Crippen molar-refractivity contribution in [1.82, 2.24) is 29.7 Å². The third-order valence-electron chi connectivity index (χ3n) is 4.04. The molecule has 1 N–H and O–H groups in total. The zero-order chi connectivity index (χ0) is 19.6. The van der Waals surface area contributed by atoms with Gasteiger partial charge in [-0.1, -0.05) is 26.0 Å². The SMILES string of the molecule is Cc1nc(C)n(Cc2cccc(Nc3nc(C(C)C)nc(N(C)C)n3)c2)n1. The Labute approximate surface area is 159 Å². The van der Waals surface area contributed by atoms with Crippen molar-refractivity contribution in [2.24, 2.45) is 0 Å². The number of rotatable bonds is 6. The predicted molar refractivity (Wildman–Crippen MR) is 107 cm³/mol. The molecule has 2 aromatic heterocycles. The molecular formula is C19H26N8. The normalized spacial score (nSPS) is 11.1. The summed E-state index contributed by atoms with van der Waals surface area (Å²) in [6, 6.07) is 8.15. The van der Waals surface area contributed by atoms with E-state index >= 15 is 0 Å². The van der Waals surface area contributed by atoms with Gasteiger partial charge in [0, 0.05) is 25.7 Å². The van der Waals surface area contributed by atoms with Gasteiger partial charge in [0.25, 0.3) is 0 Å². The van der Waals surface area contributed by atoms with Crippen LogP contribution >= 0.6 is 0 Å². The van der Waals surface area contributed by atoms with Gasteiger partial charge in [0.2, 0.25) is 11.9 Å². The first-order valence-electron chi connectivity index (χ1n) is 8.99. The first kappa shape index (κ1) is 18.8. The largest absolute Gasteiger partial charge is 0.347 e. The van der Waals surface area contributed by atoms with E-state index < -0.39 is 0 Å². The number of hydrogen-bond donors (Lipinski definition) is 1. The molecule has 0 spiro atoms. The molecule has 8 nitrogen and oxygen atoms in total. The van der Waals surface area contributed by atoms with Crippen LogP contribution in [0.15, 0.2) is 24.3 Å². The lowest BCUT2D eigenvalue weighted by Gasteiger charge is -2.15. The minimum Gasteiger partial charge on any atom is -0.347 e. The van der Waals surface area contributed by atoms with Gasteiger partial charge in [-0.15, -0.1) is 0 Å². The molecule has 2 heterocycles. The molecule has 3 aromatic rings. The Morgan fingerprint density at radius 2 is 1.85 bits per heavy atom. The maximum Gasteiger partial charge on any atom is 0.232 e. The van der Waals surface area contributed by atoms with Gasteiger partial charge >= 0.3 is 0 Å². The van der Waals surface area contributed by atoms with Crippen molar-refractivity contribution in [1.29, 1.82) is 0 Å². The van der Waals surface area contributed by atoms with Crippen LogP contribution in [0.4, 0.5) is 17.6 Å². The molecule has 0 atom stereocenters. The van der Waals surface area contributed by atoms with Crippen molar-refractivity contribution in [2.45, 2.75) is 40.2 Å². The van der Waals surface area contributed by atoms with Gasteiger partial charge in [0.1, 0.15) is 17.5 Å². The topological polar surface area (TPSA) is 84.7 Å². The van der Waals surface area contributed by atoms with E-state index in [1.165, 1.54) is 0 Å². The predicted octanol–water partition coefficient (Wildman–Crippen LogP) is 3.06. The molecule has 0 radical (unpaired) electrons. The molecule has 0 bridgehead atoms. The molecule has 0 aliphatic rings. The van der Waals surface area contributed by atoms with Crippen LogP contribution in [0.3, 0.4) is 0 Å². The van der Waals surface area contributed by atoms with Gasteiger partial charge < -0.3 is 10.2 Å². The highest BCUT2D eigenvalue weighted by atomic mass is 15.3. The molecule has 0 aliphatic heterocycles. The minimum atomic E-state index is 0.220. The zero-order valence-electron chi connectivity index (χ0n) is 16.7. The average molecular weight is 366 g/mol. The number of nitrogens with one attached hydrogen (secondary N) is 1. The van der Waals surface area contributed by atoms with E-state index in [4.69, 9.17) is 0 Å². The molecule has 27 heavy (non-hydrogen) atoms. The summed E-state index contributed by atoms with van der Waals surface area (Å²) in [5, 5.41) is 7.73. The zero-order valence-corrected chi connectivity index (χ0v) is 16.7. The van der Waals surface area contributed by atoms with Crippen molar-refractivity contribution in [3.63, 3.8) is 0 Å². The maximum atomic E-state index is 4.55. The summed E-state index contributed by atoms with van der Waals surface area (Å²) in [7, 11) is 3.85. The van der Waals surface area contributed by atoms with Gasteiger partial charge in [-0.05, 0) is 31.5 Å². The van der Waals surface area contributed by atoms with E-state index in [0.717, 1.165) is 28.7 Å². The highest BCUT2D eigenvalue weighted by Crippen LogP contribution is 2.20. The van der Waals surface area contributed by atoms with Crippen LogP contribution in [0.5, 0.6) is 0 Å². The van der Waals surface area contributed by atoms with Crippen molar-refractivity contribution < 1.29 is 0 Å². The van der Waals surface area contributed by atoms with Gasteiger partial charge in [0.15, 0.2) is 0 Å². The van der Waals surface area contributed by atoms with E-state index in [0.29, 0.717) is 18.4 Å². The van der Waals surface area contributed by atoms with Crippen LogP contribution in [0.1, 0.15) is 42.8 Å². The number of anilines is 3. The van der Waals surface area contributed by atoms with Crippen molar-refractivity contribution in [3.05, 3.63) is 47.3 Å². The Balaban J connectivity index is 1.85. The lowest BCUT2D eigenvalue weighted by atomic mass is 10.2. The van der Waals surface area contributed by atoms with E-state index in [2.05, 4.69) is 56.3 Å². The average Bonchev–Trinajstić information content (AvgIpc) is 2.92. The smallest absolute Gasteiger partial charge is 0.232 e. The van der Waals surface area contributed by atoms with Crippen LogP contribution in [0.2, 0.25) is 0 Å². The summed E-state index contributed by atoms with van der Waals surface area (Å²) in [6.07, 6.45) is 0. The van der Waals surface area contributed by atoms with Crippen LogP contribution in [-0.2, 0) is 6.54 Å². The first-order valence-corrected chi connectivity index (χ1v) is 8.99. The second-order valence-electron chi connectivity index (χ2n) is 7.06. The Bertz CT molecular complexity index is 903. The summed E-state index contributed by atoms with van der Waals surface area (Å²) in [5.74, 6) is 3.85. The minimum absolute atomic E-state index is 0.220. The second-order valence-corrected chi connectivity index (χ2v) is 7.06. The molecule has 8 heteroatoms. The molecule has 142 valence electrons. The molecule has 0 saturated carbocycles. The number of aryl methyl sites for hydroxylation is 2.